The number of benzene rings is 2. The molecule has 3 rings (SSSR count). The second-order valence-electron chi connectivity index (χ2n) is 4.44. The van der Waals surface area contributed by atoms with Crippen LogP contribution in [0.15, 0.2) is 45.3 Å². The molecular formula is C15H8BrCl2NO2. The Bertz CT molecular complexity index is 873. The molecule has 21 heavy (non-hydrogen) atoms. The summed E-state index contributed by atoms with van der Waals surface area (Å²) in [5.74, 6) is -0.297. The van der Waals surface area contributed by atoms with E-state index in [0.717, 1.165) is 4.47 Å². The molecule has 0 aliphatic heterocycles. The minimum absolute atomic E-state index is 0.0762. The standard InChI is InChI=1S/C15H8BrCl2NO2/c16-7-1-3-10-12(5-7)21-15(13(10)19)14(20)9-4-2-8(17)6-11(9)18/h1-6H,19H2. The highest BCUT2D eigenvalue weighted by atomic mass is 79.9. The molecule has 0 saturated carbocycles. The van der Waals surface area contributed by atoms with Crippen LogP contribution in [0.4, 0.5) is 5.69 Å². The average Bonchev–Trinajstić information content (AvgIpc) is 2.75. The number of fused-ring (bicyclic) bond motifs is 1. The smallest absolute Gasteiger partial charge is 0.231 e. The lowest BCUT2D eigenvalue weighted by atomic mass is 10.1. The van der Waals surface area contributed by atoms with Crippen LogP contribution in [0.3, 0.4) is 0 Å². The van der Waals surface area contributed by atoms with Gasteiger partial charge in [-0.2, -0.15) is 0 Å². The largest absolute Gasteiger partial charge is 0.450 e. The van der Waals surface area contributed by atoms with Crippen LogP contribution in [0, 0.1) is 0 Å². The third kappa shape index (κ3) is 2.55. The predicted molar refractivity (Wildman–Crippen MR) is 88.2 cm³/mol. The van der Waals surface area contributed by atoms with E-state index in [-0.39, 0.29) is 16.6 Å². The maximum atomic E-state index is 12.5. The van der Waals surface area contributed by atoms with E-state index < -0.39 is 0 Å². The molecule has 1 heterocycles. The number of carbonyl (C=O) groups excluding carboxylic acids is 1. The number of furan rings is 1. The Morgan fingerprint density at radius 1 is 1.14 bits per heavy atom. The number of hydrogen-bond acceptors (Lipinski definition) is 3. The van der Waals surface area contributed by atoms with E-state index in [0.29, 0.717) is 27.2 Å². The van der Waals surface area contributed by atoms with Crippen LogP contribution < -0.4 is 5.73 Å². The molecule has 0 bridgehead atoms. The third-order valence-electron chi connectivity index (χ3n) is 3.07. The lowest BCUT2D eigenvalue weighted by Crippen LogP contribution is -2.03. The Kier molecular flexibility index (Phi) is 3.69. The molecule has 3 nitrogen and oxygen atoms in total. The van der Waals surface area contributed by atoms with Crippen molar-refractivity contribution in [3.8, 4) is 0 Å². The van der Waals surface area contributed by atoms with Crippen molar-refractivity contribution in [3.63, 3.8) is 0 Å². The first-order chi connectivity index (χ1) is 9.97. The van der Waals surface area contributed by atoms with Gasteiger partial charge in [-0.1, -0.05) is 39.1 Å². The summed E-state index contributed by atoms with van der Waals surface area (Å²) in [5.41, 5.74) is 7.14. The van der Waals surface area contributed by atoms with Gasteiger partial charge in [0.1, 0.15) is 5.58 Å². The van der Waals surface area contributed by atoms with Gasteiger partial charge in [-0.3, -0.25) is 4.79 Å². The summed E-state index contributed by atoms with van der Waals surface area (Å²) in [7, 11) is 0. The van der Waals surface area contributed by atoms with E-state index in [1.807, 2.05) is 6.07 Å². The molecule has 0 radical (unpaired) electrons. The molecule has 0 atom stereocenters. The van der Waals surface area contributed by atoms with Gasteiger partial charge in [-0.05, 0) is 36.4 Å². The number of nitrogen functional groups attached to an aromatic ring is 1. The summed E-state index contributed by atoms with van der Waals surface area (Å²) < 4.78 is 6.42. The summed E-state index contributed by atoms with van der Waals surface area (Å²) in [6.45, 7) is 0. The van der Waals surface area contributed by atoms with Crippen LogP contribution >= 0.6 is 39.1 Å². The number of rotatable bonds is 2. The van der Waals surface area contributed by atoms with Gasteiger partial charge >= 0.3 is 0 Å². The van der Waals surface area contributed by atoms with Gasteiger partial charge in [-0.25, -0.2) is 0 Å². The van der Waals surface area contributed by atoms with Crippen molar-refractivity contribution >= 4 is 61.6 Å². The molecule has 0 spiro atoms. The molecule has 2 aromatic carbocycles. The second kappa shape index (κ2) is 5.37. The zero-order valence-electron chi connectivity index (χ0n) is 10.5. The highest BCUT2D eigenvalue weighted by molar-refractivity contribution is 9.10. The molecule has 1 aromatic heterocycles. The zero-order valence-corrected chi connectivity index (χ0v) is 13.6. The van der Waals surface area contributed by atoms with Crippen molar-refractivity contribution < 1.29 is 9.21 Å². The van der Waals surface area contributed by atoms with Crippen molar-refractivity contribution in [3.05, 3.63) is 62.2 Å². The van der Waals surface area contributed by atoms with Gasteiger partial charge in [0.15, 0.2) is 5.76 Å². The first-order valence-electron chi connectivity index (χ1n) is 5.94. The Morgan fingerprint density at radius 3 is 2.62 bits per heavy atom. The van der Waals surface area contributed by atoms with Crippen LogP contribution in [0.2, 0.25) is 10.0 Å². The fourth-order valence-corrected chi connectivity index (χ4v) is 2.89. The molecule has 0 aliphatic rings. The van der Waals surface area contributed by atoms with E-state index in [9.17, 15) is 4.79 Å². The van der Waals surface area contributed by atoms with Gasteiger partial charge in [0.2, 0.25) is 5.78 Å². The SMILES string of the molecule is Nc1c(C(=O)c2ccc(Cl)cc2Cl)oc2cc(Br)ccc12. The summed E-state index contributed by atoms with van der Waals surface area (Å²) >= 11 is 15.2. The Labute approximate surface area is 138 Å². The van der Waals surface area contributed by atoms with Gasteiger partial charge in [-0.15, -0.1) is 0 Å². The molecule has 0 aliphatic carbocycles. The van der Waals surface area contributed by atoms with Crippen molar-refractivity contribution in [1.82, 2.24) is 0 Å². The van der Waals surface area contributed by atoms with Crippen LogP contribution in [0.5, 0.6) is 0 Å². The van der Waals surface area contributed by atoms with Crippen molar-refractivity contribution in [2.24, 2.45) is 0 Å². The van der Waals surface area contributed by atoms with Gasteiger partial charge in [0, 0.05) is 20.4 Å². The summed E-state index contributed by atoms with van der Waals surface area (Å²) in [4.78, 5) is 12.5. The minimum atomic E-state index is -0.374. The van der Waals surface area contributed by atoms with E-state index in [4.69, 9.17) is 33.4 Å². The number of anilines is 1. The maximum Gasteiger partial charge on any atom is 0.231 e. The molecular weight excluding hydrogens is 377 g/mol. The second-order valence-corrected chi connectivity index (χ2v) is 6.20. The summed E-state index contributed by atoms with van der Waals surface area (Å²) in [6.07, 6.45) is 0. The quantitative estimate of drug-likeness (QED) is 0.608. The van der Waals surface area contributed by atoms with Crippen LogP contribution in [-0.2, 0) is 0 Å². The fraction of sp³-hybridized carbons (Fsp3) is 0. The van der Waals surface area contributed by atoms with Crippen LogP contribution in [0.1, 0.15) is 16.1 Å². The Hall–Kier alpha value is -1.49. The number of carbonyl (C=O) groups is 1. The van der Waals surface area contributed by atoms with E-state index in [1.165, 1.54) is 6.07 Å². The van der Waals surface area contributed by atoms with Crippen molar-refractivity contribution in [2.75, 3.05) is 5.73 Å². The minimum Gasteiger partial charge on any atom is -0.450 e. The van der Waals surface area contributed by atoms with Gasteiger partial charge in [0.05, 0.1) is 10.7 Å². The van der Waals surface area contributed by atoms with Crippen LogP contribution in [-0.4, -0.2) is 5.78 Å². The average molecular weight is 385 g/mol. The van der Waals surface area contributed by atoms with Crippen LogP contribution in [0.25, 0.3) is 11.0 Å². The fourth-order valence-electron chi connectivity index (χ4n) is 2.05. The number of halogens is 3. The topological polar surface area (TPSA) is 56.2 Å². The monoisotopic (exact) mass is 383 g/mol. The normalized spacial score (nSPS) is 11.0. The van der Waals surface area contributed by atoms with Gasteiger partial charge in [0.25, 0.3) is 0 Å². The molecule has 2 N–H and O–H groups in total. The molecule has 0 saturated heterocycles. The number of hydrogen-bond donors (Lipinski definition) is 1. The first-order valence-corrected chi connectivity index (χ1v) is 7.49. The highest BCUT2D eigenvalue weighted by Gasteiger charge is 2.22. The first kappa shape index (κ1) is 14.4. The summed E-state index contributed by atoms with van der Waals surface area (Å²) in [6, 6.07) is 10.0. The number of nitrogens with two attached hydrogens (primary N) is 1. The Balaban J connectivity index is 2.15. The van der Waals surface area contributed by atoms with Crippen molar-refractivity contribution in [1.29, 1.82) is 0 Å². The highest BCUT2D eigenvalue weighted by Crippen LogP contribution is 2.33. The van der Waals surface area contributed by atoms with Gasteiger partial charge < -0.3 is 10.2 Å². The molecule has 0 fully saturated rings. The molecule has 0 unspecified atom stereocenters. The Morgan fingerprint density at radius 2 is 1.90 bits per heavy atom. The molecule has 3 aromatic rings. The van der Waals surface area contributed by atoms with E-state index >= 15 is 0 Å². The lowest BCUT2D eigenvalue weighted by Gasteiger charge is -2.02. The molecule has 106 valence electrons. The van der Waals surface area contributed by atoms with Crippen molar-refractivity contribution in [2.45, 2.75) is 0 Å². The predicted octanol–water partition coefficient (Wildman–Crippen LogP) is 5.32. The van der Waals surface area contributed by atoms with E-state index in [1.54, 1.807) is 24.3 Å². The zero-order chi connectivity index (χ0) is 15.1. The third-order valence-corrected chi connectivity index (χ3v) is 4.11. The summed E-state index contributed by atoms with van der Waals surface area (Å²) in [5, 5.41) is 1.40. The maximum absolute atomic E-state index is 12.5. The van der Waals surface area contributed by atoms with E-state index in [2.05, 4.69) is 15.9 Å². The molecule has 0 amide bonds. The lowest BCUT2D eigenvalue weighted by molar-refractivity contribution is 0.101. The molecule has 6 heteroatoms. The number of ketones is 1.